The van der Waals surface area contributed by atoms with Gasteiger partial charge in [0.2, 0.25) is 11.8 Å². The van der Waals surface area contributed by atoms with Crippen molar-refractivity contribution in [1.29, 1.82) is 0 Å². The number of rotatable bonds is 4. The van der Waals surface area contributed by atoms with Crippen LogP contribution in [0.1, 0.15) is 19.3 Å². The first-order chi connectivity index (χ1) is 6.46. The highest BCUT2D eigenvalue weighted by atomic mass is 16.2. The van der Waals surface area contributed by atoms with Crippen LogP contribution in [0.25, 0.3) is 0 Å². The maximum Gasteiger partial charge on any atom is 0.240 e. The highest BCUT2D eigenvalue weighted by Crippen LogP contribution is 2.31. The van der Waals surface area contributed by atoms with Gasteiger partial charge in [0, 0.05) is 27.1 Å². The van der Waals surface area contributed by atoms with Gasteiger partial charge < -0.3 is 16.0 Å². The second-order valence-electron chi connectivity index (χ2n) is 3.95. The summed E-state index contributed by atoms with van der Waals surface area (Å²) in [6.45, 7) is 0.370. The molecule has 0 bridgehead atoms. The van der Waals surface area contributed by atoms with Crippen LogP contribution in [0.15, 0.2) is 0 Å². The van der Waals surface area contributed by atoms with Crippen LogP contribution in [-0.2, 0) is 9.59 Å². The minimum absolute atomic E-state index is 0.00664. The first kappa shape index (κ1) is 11.0. The Morgan fingerprint density at radius 1 is 1.43 bits per heavy atom. The Kier molecular flexibility index (Phi) is 3.10. The fourth-order valence-electron chi connectivity index (χ4n) is 1.04. The SMILES string of the molecule is CN(C)C(=O)CCNC(=O)C1(N)CC1. The van der Waals surface area contributed by atoms with E-state index in [9.17, 15) is 9.59 Å². The van der Waals surface area contributed by atoms with Gasteiger partial charge in [-0.15, -0.1) is 0 Å². The van der Waals surface area contributed by atoms with E-state index >= 15 is 0 Å². The zero-order valence-corrected chi connectivity index (χ0v) is 8.67. The summed E-state index contributed by atoms with van der Waals surface area (Å²) in [5.74, 6) is -0.128. The quantitative estimate of drug-likeness (QED) is 0.614. The molecule has 5 heteroatoms. The van der Waals surface area contributed by atoms with E-state index in [-0.39, 0.29) is 11.8 Å². The minimum atomic E-state index is -0.638. The Bertz CT molecular complexity index is 246. The molecule has 5 nitrogen and oxygen atoms in total. The maximum atomic E-state index is 11.3. The topological polar surface area (TPSA) is 75.4 Å². The highest BCUT2D eigenvalue weighted by Gasteiger charge is 2.45. The van der Waals surface area contributed by atoms with E-state index in [2.05, 4.69) is 5.32 Å². The number of amides is 2. The van der Waals surface area contributed by atoms with Crippen LogP contribution < -0.4 is 11.1 Å². The average Bonchev–Trinajstić information content (AvgIpc) is 2.84. The summed E-state index contributed by atoms with van der Waals surface area (Å²) in [7, 11) is 3.38. The normalized spacial score (nSPS) is 17.4. The van der Waals surface area contributed by atoms with E-state index in [4.69, 9.17) is 5.73 Å². The van der Waals surface area contributed by atoms with Crippen molar-refractivity contribution in [3.63, 3.8) is 0 Å². The van der Waals surface area contributed by atoms with Crippen molar-refractivity contribution in [2.24, 2.45) is 5.73 Å². The van der Waals surface area contributed by atoms with Crippen LogP contribution in [-0.4, -0.2) is 42.9 Å². The Labute approximate surface area is 83.6 Å². The molecular formula is C9H17N3O2. The maximum absolute atomic E-state index is 11.3. The summed E-state index contributed by atoms with van der Waals surface area (Å²) in [4.78, 5) is 24.0. The minimum Gasteiger partial charge on any atom is -0.354 e. The Hall–Kier alpha value is -1.10. The molecule has 1 rings (SSSR count). The third-order valence-corrected chi connectivity index (χ3v) is 2.36. The van der Waals surface area contributed by atoms with E-state index in [1.165, 1.54) is 4.90 Å². The second-order valence-corrected chi connectivity index (χ2v) is 3.95. The number of nitrogens with one attached hydrogen (secondary N) is 1. The molecule has 0 unspecified atom stereocenters. The molecule has 14 heavy (non-hydrogen) atoms. The molecule has 1 fully saturated rings. The average molecular weight is 199 g/mol. The van der Waals surface area contributed by atoms with Crippen LogP contribution >= 0.6 is 0 Å². The van der Waals surface area contributed by atoms with Gasteiger partial charge in [-0.25, -0.2) is 0 Å². The fourth-order valence-corrected chi connectivity index (χ4v) is 1.04. The van der Waals surface area contributed by atoms with E-state index in [0.717, 1.165) is 12.8 Å². The highest BCUT2D eigenvalue weighted by molar-refractivity contribution is 5.89. The van der Waals surface area contributed by atoms with Crippen molar-refractivity contribution in [3.8, 4) is 0 Å². The third kappa shape index (κ3) is 2.70. The number of hydrogen-bond donors (Lipinski definition) is 2. The molecule has 0 aromatic carbocycles. The molecule has 0 aromatic rings. The summed E-state index contributed by atoms with van der Waals surface area (Å²) in [6.07, 6.45) is 1.83. The first-order valence-electron chi connectivity index (χ1n) is 4.73. The molecule has 0 heterocycles. The van der Waals surface area contributed by atoms with Crippen LogP contribution in [0.2, 0.25) is 0 Å². The lowest BCUT2D eigenvalue weighted by Crippen LogP contribution is -2.43. The van der Waals surface area contributed by atoms with E-state index < -0.39 is 5.54 Å². The largest absolute Gasteiger partial charge is 0.354 e. The zero-order valence-electron chi connectivity index (χ0n) is 8.67. The molecule has 0 atom stereocenters. The summed E-state index contributed by atoms with van der Waals surface area (Å²) in [5, 5.41) is 2.66. The molecule has 2 amide bonds. The fraction of sp³-hybridized carbons (Fsp3) is 0.778. The molecule has 80 valence electrons. The smallest absolute Gasteiger partial charge is 0.240 e. The Morgan fingerprint density at radius 3 is 2.43 bits per heavy atom. The van der Waals surface area contributed by atoms with Gasteiger partial charge in [-0.1, -0.05) is 0 Å². The Morgan fingerprint density at radius 2 is 2.00 bits per heavy atom. The van der Waals surface area contributed by atoms with Gasteiger partial charge in [0.15, 0.2) is 0 Å². The molecule has 0 aliphatic heterocycles. The molecular weight excluding hydrogens is 182 g/mol. The number of carbonyl (C=O) groups is 2. The van der Waals surface area contributed by atoms with Crippen LogP contribution in [0, 0.1) is 0 Å². The van der Waals surface area contributed by atoms with Crippen molar-refractivity contribution in [2.45, 2.75) is 24.8 Å². The Balaban J connectivity index is 2.15. The van der Waals surface area contributed by atoms with E-state index in [1.807, 2.05) is 0 Å². The van der Waals surface area contributed by atoms with Crippen molar-refractivity contribution in [2.75, 3.05) is 20.6 Å². The summed E-state index contributed by atoms with van der Waals surface area (Å²) in [5.41, 5.74) is 5.02. The standard InChI is InChI=1S/C9H17N3O2/c1-12(2)7(13)3-6-11-8(14)9(10)4-5-9/h3-6,10H2,1-2H3,(H,11,14). The van der Waals surface area contributed by atoms with Gasteiger partial charge in [0.1, 0.15) is 0 Å². The first-order valence-corrected chi connectivity index (χ1v) is 4.73. The predicted octanol–water partition coefficient (Wildman–Crippen LogP) is -0.928. The van der Waals surface area contributed by atoms with Gasteiger partial charge in [0.25, 0.3) is 0 Å². The predicted molar refractivity (Wildman–Crippen MR) is 52.5 cm³/mol. The van der Waals surface area contributed by atoms with Crippen molar-refractivity contribution < 1.29 is 9.59 Å². The van der Waals surface area contributed by atoms with Crippen molar-refractivity contribution in [1.82, 2.24) is 10.2 Å². The van der Waals surface area contributed by atoms with E-state index in [0.29, 0.717) is 13.0 Å². The lowest BCUT2D eigenvalue weighted by atomic mass is 10.2. The number of carbonyl (C=O) groups excluding carboxylic acids is 2. The van der Waals surface area contributed by atoms with Crippen molar-refractivity contribution in [3.05, 3.63) is 0 Å². The third-order valence-electron chi connectivity index (χ3n) is 2.36. The van der Waals surface area contributed by atoms with E-state index in [1.54, 1.807) is 14.1 Å². The summed E-state index contributed by atoms with van der Waals surface area (Å²) in [6, 6.07) is 0. The van der Waals surface area contributed by atoms with Crippen LogP contribution in [0.3, 0.4) is 0 Å². The monoisotopic (exact) mass is 199 g/mol. The van der Waals surface area contributed by atoms with Gasteiger partial charge in [-0.3, -0.25) is 9.59 Å². The molecule has 1 aliphatic rings. The number of nitrogens with zero attached hydrogens (tertiary/aromatic N) is 1. The summed E-state index contributed by atoms with van der Waals surface area (Å²) < 4.78 is 0. The molecule has 1 saturated carbocycles. The molecule has 0 spiro atoms. The van der Waals surface area contributed by atoms with Crippen molar-refractivity contribution >= 4 is 11.8 Å². The van der Waals surface area contributed by atoms with Gasteiger partial charge >= 0.3 is 0 Å². The van der Waals surface area contributed by atoms with Gasteiger partial charge in [0.05, 0.1) is 5.54 Å². The van der Waals surface area contributed by atoms with Gasteiger partial charge in [-0.05, 0) is 12.8 Å². The molecule has 1 aliphatic carbocycles. The summed E-state index contributed by atoms with van der Waals surface area (Å²) >= 11 is 0. The molecule has 3 N–H and O–H groups in total. The van der Waals surface area contributed by atoms with Crippen LogP contribution in [0.5, 0.6) is 0 Å². The zero-order chi connectivity index (χ0) is 10.8. The lowest BCUT2D eigenvalue weighted by molar-refractivity contribution is -0.128. The lowest BCUT2D eigenvalue weighted by Gasteiger charge is -2.12. The number of nitrogens with two attached hydrogens (primary N) is 1. The molecule has 0 saturated heterocycles. The number of hydrogen-bond acceptors (Lipinski definition) is 3. The van der Waals surface area contributed by atoms with Crippen LogP contribution in [0.4, 0.5) is 0 Å². The molecule has 0 aromatic heterocycles. The second kappa shape index (κ2) is 3.96. The molecule has 0 radical (unpaired) electrons. The van der Waals surface area contributed by atoms with Gasteiger partial charge in [-0.2, -0.15) is 0 Å².